The van der Waals surface area contributed by atoms with E-state index in [1.807, 2.05) is 24.3 Å². The topological polar surface area (TPSA) is 138 Å². The highest BCUT2D eigenvalue weighted by molar-refractivity contribution is 6.07. The van der Waals surface area contributed by atoms with Crippen LogP contribution >= 0.6 is 0 Å². The van der Waals surface area contributed by atoms with Crippen LogP contribution in [0.5, 0.6) is 5.75 Å². The van der Waals surface area contributed by atoms with Gasteiger partial charge in [0.1, 0.15) is 11.7 Å². The molecule has 0 spiro atoms. The standard InChI is InChI=1S/C29H34N2O8/c1-19-25(28(33)37-3)27(22-9-6-10-23(18-22)31(35)36)26(20(2)30-19)29(34)39-17-5-4-16-38-24-13-11-21(12-14-24)8-7-15-32/h6,9-14,18,25,27,32H,4-5,7-8,15-17H2,1-3H3. The van der Waals surface area contributed by atoms with Gasteiger partial charge in [-0.1, -0.05) is 24.3 Å². The van der Waals surface area contributed by atoms with Crippen molar-refractivity contribution in [1.82, 2.24) is 0 Å². The van der Waals surface area contributed by atoms with E-state index < -0.39 is 28.7 Å². The van der Waals surface area contributed by atoms with Crippen molar-refractivity contribution in [3.05, 3.63) is 81.0 Å². The number of nitro groups is 1. The number of esters is 2. The number of carbonyl (C=O) groups is 2. The maximum absolute atomic E-state index is 13.3. The summed E-state index contributed by atoms with van der Waals surface area (Å²) in [7, 11) is 1.25. The number of aryl methyl sites for hydroxylation is 1. The van der Waals surface area contributed by atoms with Gasteiger partial charge in [0.2, 0.25) is 0 Å². The highest BCUT2D eigenvalue weighted by Crippen LogP contribution is 2.41. The highest BCUT2D eigenvalue weighted by atomic mass is 16.6. The zero-order valence-corrected chi connectivity index (χ0v) is 22.4. The molecular weight excluding hydrogens is 504 g/mol. The lowest BCUT2D eigenvalue weighted by molar-refractivity contribution is -0.384. The molecule has 1 N–H and O–H groups in total. The van der Waals surface area contributed by atoms with Crippen molar-refractivity contribution < 1.29 is 33.8 Å². The molecule has 39 heavy (non-hydrogen) atoms. The smallest absolute Gasteiger partial charge is 0.336 e. The molecule has 0 radical (unpaired) electrons. The van der Waals surface area contributed by atoms with E-state index in [0.717, 1.165) is 24.2 Å². The number of hydrogen-bond donors (Lipinski definition) is 1. The number of methoxy groups -OCH3 is 1. The number of hydrogen-bond acceptors (Lipinski definition) is 9. The summed E-state index contributed by atoms with van der Waals surface area (Å²) in [4.78, 5) is 41.3. The van der Waals surface area contributed by atoms with Gasteiger partial charge >= 0.3 is 11.9 Å². The van der Waals surface area contributed by atoms with Crippen molar-refractivity contribution in [2.75, 3.05) is 26.9 Å². The number of nitro benzene ring substituents is 1. The van der Waals surface area contributed by atoms with Crippen LogP contribution in [0.3, 0.4) is 0 Å². The van der Waals surface area contributed by atoms with Crippen molar-refractivity contribution in [2.24, 2.45) is 10.9 Å². The molecule has 2 aromatic carbocycles. The van der Waals surface area contributed by atoms with Crippen LogP contribution in [0.2, 0.25) is 0 Å². The van der Waals surface area contributed by atoms with Crippen molar-refractivity contribution in [3.8, 4) is 5.75 Å². The van der Waals surface area contributed by atoms with Crippen LogP contribution < -0.4 is 4.74 Å². The Balaban J connectivity index is 1.64. The first kappa shape index (κ1) is 29.5. The van der Waals surface area contributed by atoms with E-state index in [2.05, 4.69) is 4.99 Å². The number of aliphatic hydroxyl groups excluding tert-OH is 1. The highest BCUT2D eigenvalue weighted by Gasteiger charge is 2.42. The van der Waals surface area contributed by atoms with Crippen LogP contribution in [0.25, 0.3) is 0 Å². The van der Waals surface area contributed by atoms with Crippen LogP contribution in [-0.4, -0.2) is 54.6 Å². The van der Waals surface area contributed by atoms with Crippen LogP contribution in [0, 0.1) is 16.0 Å². The molecule has 208 valence electrons. The molecule has 3 rings (SSSR count). The Morgan fingerprint density at radius 3 is 2.44 bits per heavy atom. The summed E-state index contributed by atoms with van der Waals surface area (Å²) >= 11 is 0. The first-order valence-corrected chi connectivity index (χ1v) is 12.8. The van der Waals surface area contributed by atoms with Gasteiger partial charge < -0.3 is 19.3 Å². The Morgan fingerprint density at radius 2 is 1.77 bits per heavy atom. The zero-order valence-electron chi connectivity index (χ0n) is 22.4. The summed E-state index contributed by atoms with van der Waals surface area (Å²) in [6, 6.07) is 13.6. The number of benzene rings is 2. The van der Waals surface area contributed by atoms with E-state index >= 15 is 0 Å². The largest absolute Gasteiger partial charge is 0.494 e. The molecule has 10 heteroatoms. The predicted molar refractivity (Wildman–Crippen MR) is 145 cm³/mol. The van der Waals surface area contributed by atoms with Crippen molar-refractivity contribution >= 4 is 23.3 Å². The summed E-state index contributed by atoms with van der Waals surface area (Å²) in [5.41, 5.74) is 2.42. The molecule has 0 saturated carbocycles. The third kappa shape index (κ3) is 7.73. The minimum Gasteiger partial charge on any atom is -0.494 e. The molecule has 0 saturated heterocycles. The Morgan fingerprint density at radius 1 is 1.05 bits per heavy atom. The first-order valence-electron chi connectivity index (χ1n) is 12.8. The molecular formula is C29H34N2O8. The third-order valence-corrected chi connectivity index (χ3v) is 6.53. The first-order chi connectivity index (χ1) is 18.8. The van der Waals surface area contributed by atoms with E-state index in [-0.39, 0.29) is 24.5 Å². The summed E-state index contributed by atoms with van der Waals surface area (Å²) in [6.07, 6.45) is 2.73. The van der Waals surface area contributed by atoms with Gasteiger partial charge in [0.25, 0.3) is 5.69 Å². The average molecular weight is 539 g/mol. The molecule has 0 amide bonds. The molecule has 0 aliphatic carbocycles. The summed E-state index contributed by atoms with van der Waals surface area (Å²) in [5.74, 6) is -2.25. The van der Waals surface area contributed by atoms with Crippen LogP contribution in [0.15, 0.2) is 64.8 Å². The number of allylic oxidation sites excluding steroid dienone is 1. The summed E-state index contributed by atoms with van der Waals surface area (Å²) in [6.45, 7) is 4.06. The molecule has 1 heterocycles. The second-order valence-corrected chi connectivity index (χ2v) is 9.25. The Bertz CT molecular complexity index is 1240. The quantitative estimate of drug-likeness (QED) is 0.170. The SMILES string of the molecule is COC(=O)C1C(C)=NC(C)=C(C(=O)OCCCCOc2ccc(CCCO)cc2)C1c1cccc([N+](=O)[O-])c1. The van der Waals surface area contributed by atoms with Crippen LogP contribution in [-0.2, 0) is 25.5 Å². The normalized spacial score (nSPS) is 16.9. The van der Waals surface area contributed by atoms with Crippen LogP contribution in [0.1, 0.15) is 50.2 Å². The fourth-order valence-corrected chi connectivity index (χ4v) is 4.60. The molecule has 1 aliphatic heterocycles. The van der Waals surface area contributed by atoms with Gasteiger partial charge in [0.05, 0.1) is 30.8 Å². The average Bonchev–Trinajstić information content (AvgIpc) is 2.93. The number of carbonyl (C=O) groups excluding carboxylic acids is 2. The van der Waals surface area contributed by atoms with Gasteiger partial charge in [-0.15, -0.1) is 0 Å². The van der Waals surface area contributed by atoms with Gasteiger partial charge in [-0.25, -0.2) is 4.79 Å². The lowest BCUT2D eigenvalue weighted by Gasteiger charge is -2.31. The molecule has 2 unspecified atom stereocenters. The fraction of sp³-hybridized carbons (Fsp3) is 0.414. The Hall–Kier alpha value is -4.05. The second kappa shape index (κ2) is 14.2. The number of non-ortho nitro benzene ring substituents is 1. The van der Waals surface area contributed by atoms with Gasteiger partial charge in [-0.2, -0.15) is 0 Å². The minimum absolute atomic E-state index is 0.131. The van der Waals surface area contributed by atoms with Gasteiger partial charge in [0, 0.05) is 36.1 Å². The second-order valence-electron chi connectivity index (χ2n) is 9.25. The van der Waals surface area contributed by atoms with E-state index in [4.69, 9.17) is 19.3 Å². The van der Waals surface area contributed by atoms with Crippen LogP contribution in [0.4, 0.5) is 5.69 Å². The number of rotatable bonds is 13. The lowest BCUT2D eigenvalue weighted by atomic mass is 9.75. The maximum Gasteiger partial charge on any atom is 0.336 e. The molecule has 0 bridgehead atoms. The van der Waals surface area contributed by atoms with E-state index in [9.17, 15) is 19.7 Å². The van der Waals surface area contributed by atoms with E-state index in [1.54, 1.807) is 19.9 Å². The predicted octanol–water partition coefficient (Wildman–Crippen LogP) is 4.54. The van der Waals surface area contributed by atoms with E-state index in [1.165, 1.54) is 25.3 Å². The zero-order chi connectivity index (χ0) is 28.4. The van der Waals surface area contributed by atoms with E-state index in [0.29, 0.717) is 36.4 Å². The number of unbranched alkanes of at least 4 members (excludes halogenated alkanes) is 1. The molecule has 2 aromatic rings. The molecule has 0 aromatic heterocycles. The number of ether oxygens (including phenoxy) is 3. The summed E-state index contributed by atoms with van der Waals surface area (Å²) < 4.78 is 16.3. The number of aliphatic imine (C=N–C) groups is 1. The van der Waals surface area contributed by atoms with Crippen molar-refractivity contribution in [1.29, 1.82) is 0 Å². The monoisotopic (exact) mass is 538 g/mol. The Labute approximate surface area is 227 Å². The fourth-order valence-electron chi connectivity index (χ4n) is 4.60. The summed E-state index contributed by atoms with van der Waals surface area (Å²) in [5, 5.41) is 20.3. The van der Waals surface area contributed by atoms with Gasteiger partial charge in [-0.05, 0) is 62.8 Å². The molecule has 1 aliphatic rings. The molecule has 10 nitrogen and oxygen atoms in total. The van der Waals surface area contributed by atoms with Crippen molar-refractivity contribution in [2.45, 2.75) is 45.4 Å². The maximum atomic E-state index is 13.3. The third-order valence-electron chi connectivity index (χ3n) is 6.53. The number of nitrogens with zero attached hydrogens (tertiary/aromatic N) is 2. The Kier molecular flexibility index (Phi) is 10.7. The van der Waals surface area contributed by atoms with Gasteiger partial charge in [-0.3, -0.25) is 19.9 Å². The molecule has 2 atom stereocenters. The number of aliphatic hydroxyl groups is 1. The lowest BCUT2D eigenvalue weighted by Crippen LogP contribution is -2.36. The van der Waals surface area contributed by atoms with Crippen molar-refractivity contribution in [3.63, 3.8) is 0 Å². The van der Waals surface area contributed by atoms with Gasteiger partial charge in [0.15, 0.2) is 0 Å². The minimum atomic E-state index is -0.924. The molecule has 0 fully saturated rings.